The Bertz CT molecular complexity index is 619. The van der Waals surface area contributed by atoms with Crippen LogP contribution in [-0.2, 0) is 0 Å². The summed E-state index contributed by atoms with van der Waals surface area (Å²) in [5.74, 6) is 0.798. The number of carbonyl (C=O) groups is 1. The highest BCUT2D eigenvalue weighted by molar-refractivity contribution is 6.03. The van der Waals surface area contributed by atoms with Crippen LogP contribution in [0.25, 0.3) is 0 Å². The molecule has 0 spiro atoms. The third kappa shape index (κ3) is 2.01. The maximum absolute atomic E-state index is 12.7. The molecule has 0 bridgehead atoms. The summed E-state index contributed by atoms with van der Waals surface area (Å²) in [4.78, 5) is 19.1. The van der Waals surface area contributed by atoms with E-state index < -0.39 is 0 Å². The van der Waals surface area contributed by atoms with E-state index in [4.69, 9.17) is 4.74 Å². The van der Waals surface area contributed by atoms with Gasteiger partial charge in [0.2, 0.25) is 0 Å². The highest BCUT2D eigenvalue weighted by Gasteiger charge is 2.31. The Morgan fingerprint density at radius 3 is 3.00 bits per heavy atom. The van der Waals surface area contributed by atoms with Crippen LogP contribution in [-0.4, -0.2) is 36.7 Å². The van der Waals surface area contributed by atoms with Gasteiger partial charge in [-0.1, -0.05) is 12.2 Å². The number of aryl methyl sites for hydroxylation is 1. The molecule has 0 saturated carbocycles. The van der Waals surface area contributed by atoms with Crippen molar-refractivity contribution in [1.82, 2.24) is 4.90 Å². The maximum atomic E-state index is 12.7. The fraction of sp³-hybridized carbons (Fsp3) is 0.375. The van der Waals surface area contributed by atoms with E-state index in [1.165, 1.54) is 0 Å². The molecule has 0 radical (unpaired) electrons. The lowest BCUT2D eigenvalue weighted by atomic mass is 9.98. The molecular formula is C16H18N2O2. The van der Waals surface area contributed by atoms with Crippen molar-refractivity contribution in [2.45, 2.75) is 25.8 Å². The number of piperidine rings is 1. The van der Waals surface area contributed by atoms with E-state index in [1.54, 1.807) is 7.11 Å². The minimum atomic E-state index is 0.0362. The first kappa shape index (κ1) is 12.9. The molecule has 0 aliphatic carbocycles. The van der Waals surface area contributed by atoms with E-state index >= 15 is 0 Å². The van der Waals surface area contributed by atoms with Gasteiger partial charge in [0.15, 0.2) is 0 Å². The lowest BCUT2D eigenvalue weighted by molar-refractivity contribution is 0.0722. The molecule has 1 aromatic rings. The Labute approximate surface area is 118 Å². The second-order valence-electron chi connectivity index (χ2n) is 5.41. The molecule has 2 aliphatic heterocycles. The summed E-state index contributed by atoms with van der Waals surface area (Å²) in [6.45, 7) is 6.58. The number of amides is 1. The van der Waals surface area contributed by atoms with E-state index in [0.717, 1.165) is 29.7 Å². The molecule has 1 saturated heterocycles. The van der Waals surface area contributed by atoms with Crippen molar-refractivity contribution in [3.05, 3.63) is 35.4 Å². The second-order valence-corrected chi connectivity index (χ2v) is 5.41. The molecule has 2 heterocycles. The van der Waals surface area contributed by atoms with Crippen molar-refractivity contribution in [3.8, 4) is 5.75 Å². The summed E-state index contributed by atoms with van der Waals surface area (Å²) < 4.78 is 5.31. The first-order valence-electron chi connectivity index (χ1n) is 6.80. The number of fused-ring (bicyclic) bond motifs is 2. The number of methoxy groups -OCH3 is 1. The van der Waals surface area contributed by atoms with E-state index in [1.807, 2.05) is 30.2 Å². The largest absolute Gasteiger partial charge is 0.496 e. The molecule has 104 valence electrons. The van der Waals surface area contributed by atoms with Crippen LogP contribution in [0.15, 0.2) is 29.3 Å². The van der Waals surface area contributed by atoms with Crippen molar-refractivity contribution in [2.24, 2.45) is 4.99 Å². The van der Waals surface area contributed by atoms with Crippen molar-refractivity contribution in [3.63, 3.8) is 0 Å². The predicted molar refractivity (Wildman–Crippen MR) is 79.1 cm³/mol. The number of hydrogen-bond acceptors (Lipinski definition) is 3. The first-order valence-corrected chi connectivity index (χ1v) is 6.80. The van der Waals surface area contributed by atoms with Gasteiger partial charge in [-0.3, -0.25) is 9.79 Å². The molecule has 4 nitrogen and oxygen atoms in total. The summed E-state index contributed by atoms with van der Waals surface area (Å²) in [7, 11) is 1.63. The van der Waals surface area contributed by atoms with Crippen LogP contribution in [0.3, 0.4) is 0 Å². The molecule has 4 heteroatoms. The number of nitrogens with zero attached hydrogens (tertiary/aromatic N) is 2. The number of aliphatic imine (C=N–C) groups is 1. The third-order valence-electron chi connectivity index (χ3n) is 3.98. The van der Waals surface area contributed by atoms with Gasteiger partial charge in [-0.25, -0.2) is 0 Å². The van der Waals surface area contributed by atoms with Gasteiger partial charge < -0.3 is 9.64 Å². The summed E-state index contributed by atoms with van der Waals surface area (Å²) in [5, 5.41) is 0. The Hall–Kier alpha value is -2.10. The average Bonchev–Trinajstić information content (AvgIpc) is 2.57. The summed E-state index contributed by atoms with van der Waals surface area (Å²) in [6.07, 6.45) is 3.74. The summed E-state index contributed by atoms with van der Waals surface area (Å²) in [6, 6.07) is 3.78. The van der Waals surface area contributed by atoms with Crippen LogP contribution in [0.5, 0.6) is 5.75 Å². The molecule has 1 amide bonds. The van der Waals surface area contributed by atoms with Crippen LogP contribution in [0.2, 0.25) is 0 Å². The second kappa shape index (κ2) is 4.78. The van der Waals surface area contributed by atoms with Crippen molar-refractivity contribution in [2.75, 3.05) is 13.7 Å². The zero-order valence-corrected chi connectivity index (χ0v) is 11.8. The highest BCUT2D eigenvalue weighted by Crippen LogP contribution is 2.33. The SMILES string of the molecule is C=C1CC[C@H]2C=Nc3cc(OC)c(C)cc3C(=O)N2C1. The van der Waals surface area contributed by atoms with Crippen LogP contribution in [0, 0.1) is 6.92 Å². The topological polar surface area (TPSA) is 41.9 Å². The molecule has 1 fully saturated rings. The van der Waals surface area contributed by atoms with Gasteiger partial charge in [0.25, 0.3) is 5.91 Å². The van der Waals surface area contributed by atoms with Gasteiger partial charge in [0, 0.05) is 18.8 Å². The minimum Gasteiger partial charge on any atom is -0.496 e. The molecule has 3 rings (SSSR count). The normalized spacial score (nSPS) is 21.3. The lowest BCUT2D eigenvalue weighted by Crippen LogP contribution is -2.44. The number of ether oxygens (including phenoxy) is 1. The molecule has 0 unspecified atom stereocenters. The van der Waals surface area contributed by atoms with Crippen LogP contribution in [0.1, 0.15) is 28.8 Å². The number of hydrogen-bond donors (Lipinski definition) is 0. The number of benzene rings is 1. The smallest absolute Gasteiger partial charge is 0.256 e. The zero-order valence-electron chi connectivity index (χ0n) is 11.8. The van der Waals surface area contributed by atoms with Crippen LogP contribution >= 0.6 is 0 Å². The Morgan fingerprint density at radius 2 is 2.25 bits per heavy atom. The molecule has 1 aromatic carbocycles. The van der Waals surface area contributed by atoms with E-state index in [2.05, 4.69) is 11.6 Å². The van der Waals surface area contributed by atoms with Gasteiger partial charge in [-0.05, 0) is 31.4 Å². The van der Waals surface area contributed by atoms with Crippen LogP contribution in [0.4, 0.5) is 5.69 Å². The Kier molecular flexibility index (Phi) is 3.08. The zero-order chi connectivity index (χ0) is 14.3. The molecule has 0 N–H and O–H groups in total. The third-order valence-corrected chi connectivity index (χ3v) is 3.98. The number of rotatable bonds is 1. The minimum absolute atomic E-state index is 0.0362. The van der Waals surface area contributed by atoms with Crippen molar-refractivity contribution >= 4 is 17.8 Å². The highest BCUT2D eigenvalue weighted by atomic mass is 16.5. The van der Waals surface area contributed by atoms with Gasteiger partial charge in [0.1, 0.15) is 5.75 Å². The maximum Gasteiger partial charge on any atom is 0.256 e. The van der Waals surface area contributed by atoms with Crippen molar-refractivity contribution in [1.29, 1.82) is 0 Å². The quantitative estimate of drug-likeness (QED) is 0.736. The first-order chi connectivity index (χ1) is 9.60. The molecule has 0 aromatic heterocycles. The summed E-state index contributed by atoms with van der Waals surface area (Å²) >= 11 is 0. The van der Waals surface area contributed by atoms with E-state index in [-0.39, 0.29) is 11.9 Å². The molecule has 1 atom stereocenters. The Morgan fingerprint density at radius 1 is 1.45 bits per heavy atom. The summed E-state index contributed by atoms with van der Waals surface area (Å²) in [5.41, 5.74) is 3.40. The van der Waals surface area contributed by atoms with E-state index in [9.17, 15) is 4.79 Å². The average molecular weight is 270 g/mol. The van der Waals surface area contributed by atoms with Crippen molar-refractivity contribution < 1.29 is 9.53 Å². The fourth-order valence-electron chi connectivity index (χ4n) is 2.82. The fourth-order valence-corrected chi connectivity index (χ4v) is 2.82. The van der Waals surface area contributed by atoms with Gasteiger partial charge in [0.05, 0.1) is 24.4 Å². The Balaban J connectivity index is 2.08. The predicted octanol–water partition coefficient (Wildman–Crippen LogP) is 2.88. The molecular weight excluding hydrogens is 252 g/mol. The van der Waals surface area contributed by atoms with Gasteiger partial charge in [-0.15, -0.1) is 0 Å². The van der Waals surface area contributed by atoms with Crippen LogP contribution < -0.4 is 4.74 Å². The standard InChI is InChI=1S/C16H18N2O2/c1-10-4-5-12-8-17-14-7-15(20-3)11(2)6-13(14)16(19)18(12)9-10/h6-8,12H,1,4-5,9H2,2-3H3/t12-/m0/s1. The molecule has 20 heavy (non-hydrogen) atoms. The van der Waals surface area contributed by atoms with E-state index in [0.29, 0.717) is 17.8 Å². The van der Waals surface area contributed by atoms with Gasteiger partial charge in [-0.2, -0.15) is 0 Å². The monoisotopic (exact) mass is 270 g/mol. The number of carbonyl (C=O) groups excluding carboxylic acids is 1. The molecule has 2 aliphatic rings. The van der Waals surface area contributed by atoms with Gasteiger partial charge >= 0.3 is 0 Å². The lowest BCUT2D eigenvalue weighted by Gasteiger charge is -2.33.